The molecule has 0 saturated carbocycles. The van der Waals surface area contributed by atoms with Gasteiger partial charge in [-0.25, -0.2) is 14.4 Å². The number of hydrogen-bond acceptors (Lipinski definition) is 5. The van der Waals surface area contributed by atoms with Crippen LogP contribution in [0.4, 0.5) is 10.2 Å². The number of ether oxygens (including phenoxy) is 1. The van der Waals surface area contributed by atoms with Crippen LogP contribution in [-0.2, 0) is 9.53 Å². The van der Waals surface area contributed by atoms with Crippen LogP contribution in [0.3, 0.4) is 0 Å². The van der Waals surface area contributed by atoms with Crippen LogP contribution in [-0.4, -0.2) is 36.1 Å². The number of halogens is 1. The zero-order valence-electron chi connectivity index (χ0n) is 9.53. The Hall–Kier alpha value is -1.72. The second-order valence-electron chi connectivity index (χ2n) is 3.26. The monoisotopic (exact) mass is 227 g/mol. The summed E-state index contributed by atoms with van der Waals surface area (Å²) in [5.74, 6) is -0.837. The molecule has 0 atom stereocenters. The Bertz CT molecular complexity index is 384. The first-order valence-electron chi connectivity index (χ1n) is 4.90. The largest absolute Gasteiger partial charge is 0.465 e. The molecule has 6 heteroatoms. The molecule has 16 heavy (non-hydrogen) atoms. The molecule has 0 radical (unpaired) electrons. The van der Waals surface area contributed by atoms with Crippen molar-refractivity contribution in [2.75, 3.05) is 25.1 Å². The van der Waals surface area contributed by atoms with E-state index in [1.54, 1.807) is 20.9 Å². The van der Waals surface area contributed by atoms with Gasteiger partial charge in [-0.15, -0.1) is 0 Å². The van der Waals surface area contributed by atoms with Crippen molar-refractivity contribution in [1.82, 2.24) is 9.97 Å². The zero-order valence-corrected chi connectivity index (χ0v) is 9.53. The topological polar surface area (TPSA) is 55.3 Å². The van der Waals surface area contributed by atoms with Crippen LogP contribution in [0, 0.1) is 12.7 Å². The molecule has 0 unspecified atom stereocenters. The van der Waals surface area contributed by atoms with Gasteiger partial charge in [-0.1, -0.05) is 0 Å². The SMILES string of the molecule is CCOC(=O)CN(C)c1ncnc(C)c1F. The molecule has 0 amide bonds. The summed E-state index contributed by atoms with van der Waals surface area (Å²) in [5, 5.41) is 0. The standard InChI is InChI=1S/C10H14FN3O2/c1-4-16-8(15)5-14(3)10-9(11)7(2)12-6-13-10/h6H,4-5H2,1-3H3. The number of rotatable bonds is 4. The second kappa shape index (κ2) is 5.39. The first-order valence-corrected chi connectivity index (χ1v) is 4.90. The Morgan fingerprint density at radius 1 is 1.56 bits per heavy atom. The van der Waals surface area contributed by atoms with Gasteiger partial charge in [0.05, 0.1) is 12.3 Å². The minimum absolute atomic E-state index is 0.0405. The summed E-state index contributed by atoms with van der Waals surface area (Å²) in [6.45, 7) is 3.52. The molecule has 88 valence electrons. The molecule has 1 heterocycles. The average molecular weight is 227 g/mol. The van der Waals surface area contributed by atoms with Gasteiger partial charge in [0.15, 0.2) is 11.6 Å². The maximum Gasteiger partial charge on any atom is 0.325 e. The van der Waals surface area contributed by atoms with Gasteiger partial charge in [-0.05, 0) is 13.8 Å². The molecule has 0 aromatic carbocycles. The van der Waals surface area contributed by atoms with Gasteiger partial charge >= 0.3 is 5.97 Å². The van der Waals surface area contributed by atoms with E-state index in [1.807, 2.05) is 0 Å². The van der Waals surface area contributed by atoms with Gasteiger partial charge < -0.3 is 9.64 Å². The lowest BCUT2D eigenvalue weighted by Crippen LogP contribution is -2.28. The van der Waals surface area contributed by atoms with Gasteiger partial charge in [0.25, 0.3) is 0 Å². The average Bonchev–Trinajstić information content (AvgIpc) is 2.22. The Morgan fingerprint density at radius 3 is 2.88 bits per heavy atom. The summed E-state index contributed by atoms with van der Waals surface area (Å²) in [6.07, 6.45) is 1.26. The molecule has 1 rings (SSSR count). The van der Waals surface area contributed by atoms with Crippen molar-refractivity contribution in [3.63, 3.8) is 0 Å². The fourth-order valence-electron chi connectivity index (χ4n) is 1.19. The fourth-order valence-corrected chi connectivity index (χ4v) is 1.19. The number of anilines is 1. The van der Waals surface area contributed by atoms with E-state index in [4.69, 9.17) is 4.74 Å². The van der Waals surface area contributed by atoms with Crippen molar-refractivity contribution in [3.05, 3.63) is 17.8 Å². The summed E-state index contributed by atoms with van der Waals surface area (Å²) in [5.41, 5.74) is 0.251. The lowest BCUT2D eigenvalue weighted by Gasteiger charge is -2.17. The van der Waals surface area contributed by atoms with Gasteiger partial charge in [0, 0.05) is 7.05 Å². The predicted molar refractivity (Wildman–Crippen MR) is 56.6 cm³/mol. The first kappa shape index (κ1) is 12.4. The van der Waals surface area contributed by atoms with E-state index in [2.05, 4.69) is 9.97 Å². The Labute approximate surface area is 93.3 Å². The van der Waals surface area contributed by atoms with E-state index in [-0.39, 0.29) is 18.1 Å². The quantitative estimate of drug-likeness (QED) is 0.716. The summed E-state index contributed by atoms with van der Waals surface area (Å²) in [6, 6.07) is 0. The third kappa shape index (κ3) is 2.88. The van der Waals surface area contributed by atoms with Crippen LogP contribution in [0.1, 0.15) is 12.6 Å². The summed E-state index contributed by atoms with van der Waals surface area (Å²) in [7, 11) is 1.57. The van der Waals surface area contributed by atoms with Crippen molar-refractivity contribution in [2.45, 2.75) is 13.8 Å². The smallest absolute Gasteiger partial charge is 0.325 e. The third-order valence-corrected chi connectivity index (χ3v) is 1.98. The van der Waals surface area contributed by atoms with Crippen molar-refractivity contribution in [1.29, 1.82) is 0 Å². The summed E-state index contributed by atoms with van der Waals surface area (Å²) in [4.78, 5) is 20.1. The van der Waals surface area contributed by atoms with Crippen LogP contribution in [0.2, 0.25) is 0 Å². The third-order valence-electron chi connectivity index (χ3n) is 1.98. The number of nitrogens with zero attached hydrogens (tertiary/aromatic N) is 3. The Kier molecular flexibility index (Phi) is 4.16. The van der Waals surface area contributed by atoms with Crippen molar-refractivity contribution in [2.24, 2.45) is 0 Å². The first-order chi connectivity index (χ1) is 7.56. The Balaban J connectivity index is 2.76. The molecule has 0 aliphatic heterocycles. The van der Waals surface area contributed by atoms with E-state index in [0.29, 0.717) is 6.61 Å². The highest BCUT2D eigenvalue weighted by Gasteiger charge is 2.15. The van der Waals surface area contributed by atoms with Crippen LogP contribution in [0.5, 0.6) is 0 Å². The molecule has 0 saturated heterocycles. The lowest BCUT2D eigenvalue weighted by molar-refractivity contribution is -0.141. The van der Waals surface area contributed by atoms with E-state index in [1.165, 1.54) is 11.2 Å². The van der Waals surface area contributed by atoms with Gasteiger partial charge in [0.2, 0.25) is 0 Å². The van der Waals surface area contributed by atoms with Gasteiger partial charge in [-0.3, -0.25) is 4.79 Å². The highest BCUT2D eigenvalue weighted by molar-refractivity contribution is 5.75. The number of likely N-dealkylation sites (N-methyl/N-ethyl adjacent to an activating group) is 1. The fraction of sp³-hybridized carbons (Fsp3) is 0.500. The van der Waals surface area contributed by atoms with Gasteiger partial charge in [0.1, 0.15) is 12.9 Å². The van der Waals surface area contributed by atoms with Gasteiger partial charge in [-0.2, -0.15) is 0 Å². The molecule has 0 bridgehead atoms. The molecule has 0 aliphatic carbocycles. The molecular formula is C10H14FN3O2. The normalized spacial score (nSPS) is 10.0. The molecule has 0 fully saturated rings. The maximum absolute atomic E-state index is 13.6. The molecule has 1 aromatic heterocycles. The highest BCUT2D eigenvalue weighted by atomic mass is 19.1. The molecule has 0 aliphatic rings. The van der Waals surface area contributed by atoms with E-state index in [9.17, 15) is 9.18 Å². The van der Waals surface area contributed by atoms with Crippen molar-refractivity contribution < 1.29 is 13.9 Å². The van der Waals surface area contributed by atoms with E-state index in [0.717, 1.165) is 0 Å². The Morgan fingerprint density at radius 2 is 2.25 bits per heavy atom. The predicted octanol–water partition coefficient (Wildman–Crippen LogP) is 0.923. The van der Waals surface area contributed by atoms with Crippen LogP contribution in [0.15, 0.2) is 6.33 Å². The van der Waals surface area contributed by atoms with Crippen LogP contribution < -0.4 is 4.90 Å². The molecule has 1 aromatic rings. The number of carbonyl (C=O) groups excluding carboxylic acids is 1. The van der Waals surface area contributed by atoms with Crippen LogP contribution in [0.25, 0.3) is 0 Å². The number of carbonyl (C=O) groups is 1. The zero-order chi connectivity index (χ0) is 12.1. The van der Waals surface area contributed by atoms with Crippen molar-refractivity contribution in [3.8, 4) is 0 Å². The lowest BCUT2D eigenvalue weighted by atomic mass is 10.4. The highest BCUT2D eigenvalue weighted by Crippen LogP contribution is 2.15. The second-order valence-corrected chi connectivity index (χ2v) is 3.26. The molecule has 5 nitrogen and oxygen atoms in total. The number of aromatic nitrogens is 2. The number of esters is 1. The van der Waals surface area contributed by atoms with E-state index >= 15 is 0 Å². The number of hydrogen-bond donors (Lipinski definition) is 0. The molecular weight excluding hydrogens is 213 g/mol. The molecule has 0 spiro atoms. The minimum Gasteiger partial charge on any atom is -0.465 e. The summed E-state index contributed by atoms with van der Waals surface area (Å²) < 4.78 is 18.3. The summed E-state index contributed by atoms with van der Waals surface area (Å²) >= 11 is 0. The molecule has 0 N–H and O–H groups in total. The number of aryl methyl sites for hydroxylation is 1. The van der Waals surface area contributed by atoms with E-state index < -0.39 is 11.8 Å². The van der Waals surface area contributed by atoms with Crippen LogP contribution >= 0.6 is 0 Å². The maximum atomic E-state index is 13.6. The minimum atomic E-state index is -0.519. The van der Waals surface area contributed by atoms with Crippen molar-refractivity contribution >= 4 is 11.8 Å².